The number of ether oxygens (including phenoxy) is 2. The van der Waals surface area contributed by atoms with Crippen molar-refractivity contribution in [3.05, 3.63) is 24.2 Å². The van der Waals surface area contributed by atoms with Crippen molar-refractivity contribution < 1.29 is 18.7 Å². The Labute approximate surface area is 136 Å². The highest BCUT2D eigenvalue weighted by molar-refractivity contribution is 5.73. The van der Waals surface area contributed by atoms with Crippen LogP contribution in [0.2, 0.25) is 0 Å². The minimum atomic E-state index is -0.168. The van der Waals surface area contributed by atoms with E-state index in [2.05, 4.69) is 15.5 Å². The molecule has 0 aromatic carbocycles. The van der Waals surface area contributed by atoms with Crippen molar-refractivity contribution in [2.24, 2.45) is 5.92 Å². The zero-order valence-corrected chi connectivity index (χ0v) is 13.3. The van der Waals surface area contributed by atoms with E-state index >= 15 is 0 Å². The average molecular weight is 323 g/mol. The van der Waals surface area contributed by atoms with Crippen molar-refractivity contribution in [1.82, 2.24) is 15.5 Å². The second-order valence-corrected chi connectivity index (χ2v) is 5.98. The maximum absolute atomic E-state index is 12.0. The van der Waals surface area contributed by atoms with Crippen LogP contribution in [0.3, 0.4) is 0 Å². The molecule has 2 amide bonds. The van der Waals surface area contributed by atoms with E-state index in [1.807, 2.05) is 12.1 Å². The van der Waals surface area contributed by atoms with Gasteiger partial charge in [0.2, 0.25) is 0 Å². The normalized spacial score (nSPS) is 23.6. The van der Waals surface area contributed by atoms with Gasteiger partial charge in [0.05, 0.1) is 32.6 Å². The number of hydrogen-bond donors (Lipinski definition) is 2. The van der Waals surface area contributed by atoms with Gasteiger partial charge in [-0.1, -0.05) is 0 Å². The molecule has 3 heterocycles. The maximum atomic E-state index is 12.0. The molecule has 0 aliphatic carbocycles. The van der Waals surface area contributed by atoms with Crippen LogP contribution in [0.25, 0.3) is 0 Å². The summed E-state index contributed by atoms with van der Waals surface area (Å²) in [5.41, 5.74) is 0. The predicted octanol–water partition coefficient (Wildman–Crippen LogP) is 0.816. The van der Waals surface area contributed by atoms with E-state index in [1.54, 1.807) is 6.26 Å². The molecule has 0 radical (unpaired) electrons. The van der Waals surface area contributed by atoms with Gasteiger partial charge in [0.25, 0.3) is 0 Å². The smallest absolute Gasteiger partial charge is 0.315 e. The van der Waals surface area contributed by atoms with Crippen LogP contribution in [0.5, 0.6) is 0 Å². The molecule has 0 spiro atoms. The van der Waals surface area contributed by atoms with Crippen molar-refractivity contribution in [1.29, 1.82) is 0 Å². The lowest BCUT2D eigenvalue weighted by Crippen LogP contribution is -2.53. The Bertz CT molecular complexity index is 468. The summed E-state index contributed by atoms with van der Waals surface area (Å²) in [5, 5.41) is 5.81. The molecule has 1 aromatic rings. The third-order valence-electron chi connectivity index (χ3n) is 4.50. The van der Waals surface area contributed by atoms with Crippen LogP contribution in [-0.4, -0.2) is 63.0 Å². The van der Waals surface area contributed by atoms with Crippen LogP contribution in [0.15, 0.2) is 22.8 Å². The number of amides is 2. The number of furan rings is 1. The topological polar surface area (TPSA) is 76.0 Å². The molecule has 2 N–H and O–H groups in total. The second kappa shape index (κ2) is 8.33. The van der Waals surface area contributed by atoms with Gasteiger partial charge in [-0.3, -0.25) is 4.90 Å². The van der Waals surface area contributed by atoms with Crippen LogP contribution >= 0.6 is 0 Å². The monoisotopic (exact) mass is 323 g/mol. The summed E-state index contributed by atoms with van der Waals surface area (Å²) >= 11 is 0. The summed E-state index contributed by atoms with van der Waals surface area (Å²) in [6.07, 6.45) is 2.65. The highest BCUT2D eigenvalue weighted by Gasteiger charge is 2.31. The van der Waals surface area contributed by atoms with Crippen LogP contribution in [0, 0.1) is 5.92 Å². The van der Waals surface area contributed by atoms with Gasteiger partial charge in [-0.2, -0.15) is 0 Å². The second-order valence-electron chi connectivity index (χ2n) is 5.98. The van der Waals surface area contributed by atoms with Crippen molar-refractivity contribution >= 4 is 6.03 Å². The summed E-state index contributed by atoms with van der Waals surface area (Å²) in [7, 11) is 0. The van der Waals surface area contributed by atoms with Crippen molar-refractivity contribution in [3.63, 3.8) is 0 Å². The Kier molecular flexibility index (Phi) is 5.90. The summed E-state index contributed by atoms with van der Waals surface area (Å²) in [6, 6.07) is 3.78. The van der Waals surface area contributed by atoms with Gasteiger partial charge in [-0.25, -0.2) is 4.79 Å². The van der Waals surface area contributed by atoms with E-state index in [0.29, 0.717) is 25.0 Å². The first-order valence-electron chi connectivity index (χ1n) is 8.26. The Morgan fingerprint density at radius 1 is 1.26 bits per heavy atom. The van der Waals surface area contributed by atoms with Gasteiger partial charge >= 0.3 is 6.03 Å². The Hall–Kier alpha value is -1.57. The van der Waals surface area contributed by atoms with E-state index in [-0.39, 0.29) is 6.03 Å². The summed E-state index contributed by atoms with van der Waals surface area (Å²) in [4.78, 5) is 14.4. The number of carbonyl (C=O) groups excluding carboxylic acids is 1. The number of nitrogens with zero attached hydrogens (tertiary/aromatic N) is 1. The fraction of sp³-hybridized carbons (Fsp3) is 0.688. The Morgan fingerprint density at radius 3 is 2.83 bits per heavy atom. The molecule has 1 aromatic heterocycles. The molecule has 0 unspecified atom stereocenters. The summed E-state index contributed by atoms with van der Waals surface area (Å²) < 4.78 is 16.2. The molecule has 2 saturated heterocycles. The van der Waals surface area contributed by atoms with Crippen LogP contribution in [0.1, 0.15) is 12.2 Å². The lowest BCUT2D eigenvalue weighted by molar-refractivity contribution is 0.00212. The van der Waals surface area contributed by atoms with E-state index in [4.69, 9.17) is 13.9 Å². The first-order valence-corrected chi connectivity index (χ1v) is 8.26. The molecule has 128 valence electrons. The molecular formula is C16H25N3O4. The molecule has 23 heavy (non-hydrogen) atoms. The van der Waals surface area contributed by atoms with Crippen molar-refractivity contribution in [2.75, 3.05) is 46.1 Å². The van der Waals surface area contributed by atoms with Crippen LogP contribution in [0.4, 0.5) is 4.79 Å². The zero-order chi connectivity index (χ0) is 15.9. The third kappa shape index (κ3) is 4.70. The van der Waals surface area contributed by atoms with Crippen LogP contribution < -0.4 is 10.6 Å². The molecule has 7 nitrogen and oxygen atoms in total. The van der Waals surface area contributed by atoms with E-state index in [9.17, 15) is 4.79 Å². The highest BCUT2D eigenvalue weighted by Crippen LogP contribution is 2.21. The molecule has 2 fully saturated rings. The first-order chi connectivity index (χ1) is 11.3. The number of morpholine rings is 1. The van der Waals surface area contributed by atoms with Crippen molar-refractivity contribution in [2.45, 2.75) is 19.0 Å². The zero-order valence-electron chi connectivity index (χ0n) is 13.3. The van der Waals surface area contributed by atoms with Gasteiger partial charge in [0.1, 0.15) is 5.76 Å². The quantitative estimate of drug-likeness (QED) is 0.810. The van der Waals surface area contributed by atoms with Gasteiger partial charge < -0.3 is 24.5 Å². The van der Waals surface area contributed by atoms with Crippen molar-refractivity contribution in [3.8, 4) is 0 Å². The van der Waals surface area contributed by atoms with Gasteiger partial charge in [0.15, 0.2) is 0 Å². The Balaban J connectivity index is 1.47. The maximum Gasteiger partial charge on any atom is 0.315 e. The molecule has 0 saturated carbocycles. The minimum absolute atomic E-state index is 0.168. The fourth-order valence-corrected chi connectivity index (χ4v) is 3.20. The van der Waals surface area contributed by atoms with Gasteiger partial charge in [-0.15, -0.1) is 0 Å². The third-order valence-corrected chi connectivity index (χ3v) is 4.50. The molecule has 2 atom stereocenters. The Morgan fingerprint density at radius 2 is 2.13 bits per heavy atom. The van der Waals surface area contributed by atoms with E-state index in [0.717, 1.165) is 51.7 Å². The average Bonchev–Trinajstić information content (AvgIpc) is 3.28. The van der Waals surface area contributed by atoms with E-state index < -0.39 is 0 Å². The van der Waals surface area contributed by atoms with Crippen LogP contribution in [-0.2, 0) is 16.0 Å². The molecule has 7 heteroatoms. The largest absolute Gasteiger partial charge is 0.467 e. The summed E-state index contributed by atoms with van der Waals surface area (Å²) in [5.74, 6) is 1.22. The minimum Gasteiger partial charge on any atom is -0.467 e. The number of hydrogen-bond acceptors (Lipinski definition) is 5. The standard InChI is InChI=1S/C16H25N3O4/c20-16(17-10-14-2-1-6-23-14)18-11-15(13-3-7-22-12-13)19-4-8-21-9-5-19/h1-2,6,13,15H,3-5,7-12H2,(H2,17,18,20)/t13-,15+/m1/s1. The number of nitrogens with one attached hydrogen (secondary N) is 2. The fourth-order valence-electron chi connectivity index (χ4n) is 3.20. The lowest BCUT2D eigenvalue weighted by Gasteiger charge is -2.37. The molecule has 2 aliphatic heterocycles. The highest BCUT2D eigenvalue weighted by atomic mass is 16.5. The molecule has 0 bridgehead atoms. The lowest BCUT2D eigenvalue weighted by atomic mass is 9.97. The summed E-state index contributed by atoms with van der Waals surface area (Å²) in [6.45, 7) is 5.96. The molecule has 3 rings (SSSR count). The number of carbonyl (C=O) groups is 1. The number of rotatable bonds is 6. The SMILES string of the molecule is O=C(NCc1ccco1)NC[C@@H]([C@@H]1CCOC1)N1CCOCC1. The van der Waals surface area contributed by atoms with E-state index in [1.165, 1.54) is 0 Å². The number of urea groups is 1. The van der Waals surface area contributed by atoms with Gasteiger partial charge in [0, 0.05) is 38.2 Å². The predicted molar refractivity (Wildman–Crippen MR) is 84.1 cm³/mol. The molecular weight excluding hydrogens is 298 g/mol. The first kappa shape index (κ1) is 16.3. The molecule has 2 aliphatic rings. The van der Waals surface area contributed by atoms with Gasteiger partial charge in [-0.05, 0) is 18.6 Å².